The second-order valence-corrected chi connectivity index (χ2v) is 5.81. The van der Waals surface area contributed by atoms with Crippen LogP contribution in [0.3, 0.4) is 0 Å². The molecule has 1 aliphatic rings. The van der Waals surface area contributed by atoms with Crippen LogP contribution < -0.4 is 5.73 Å². The predicted molar refractivity (Wildman–Crippen MR) is 81.5 cm³/mol. The minimum Gasteiger partial charge on any atom is -0.337 e. The molecule has 0 spiro atoms. The van der Waals surface area contributed by atoms with Gasteiger partial charge in [-0.2, -0.15) is 5.10 Å². The Hall–Kier alpha value is -2.21. The van der Waals surface area contributed by atoms with E-state index in [1.54, 1.807) is 21.7 Å². The van der Waals surface area contributed by atoms with Crippen LogP contribution in [0.25, 0.3) is 5.69 Å². The van der Waals surface area contributed by atoms with Crippen molar-refractivity contribution in [1.82, 2.24) is 14.7 Å². The number of halogens is 1. The maximum atomic E-state index is 14.4. The summed E-state index contributed by atoms with van der Waals surface area (Å²) in [6, 6.07) is 6.41. The van der Waals surface area contributed by atoms with Crippen LogP contribution >= 0.6 is 0 Å². The van der Waals surface area contributed by atoms with E-state index in [1.165, 1.54) is 6.07 Å². The molecular formula is C16H19FN4O. The number of aromatic nitrogens is 2. The molecule has 0 radical (unpaired) electrons. The lowest BCUT2D eigenvalue weighted by atomic mass is 10.1. The fraction of sp³-hybridized carbons (Fsp3) is 0.375. The highest BCUT2D eigenvalue weighted by atomic mass is 19.1. The summed E-state index contributed by atoms with van der Waals surface area (Å²) in [5.74, 6) is -0.632. The van der Waals surface area contributed by atoms with Crippen molar-refractivity contribution in [1.29, 1.82) is 0 Å². The molecule has 2 N–H and O–H groups in total. The van der Waals surface area contributed by atoms with Crippen LogP contribution in [-0.4, -0.2) is 39.7 Å². The summed E-state index contributed by atoms with van der Waals surface area (Å²) >= 11 is 0. The second kappa shape index (κ2) is 5.53. The van der Waals surface area contributed by atoms with Crippen molar-refractivity contribution >= 4 is 5.91 Å². The molecule has 0 bridgehead atoms. The van der Waals surface area contributed by atoms with E-state index in [4.69, 9.17) is 5.73 Å². The lowest BCUT2D eigenvalue weighted by Crippen LogP contribution is -2.31. The number of carbonyl (C=O) groups excluding carboxylic acids is 1. The summed E-state index contributed by atoms with van der Waals surface area (Å²) in [5.41, 5.74) is 8.17. The third-order valence-electron chi connectivity index (χ3n) is 3.94. The molecule has 22 heavy (non-hydrogen) atoms. The molecule has 1 aromatic carbocycles. The Morgan fingerprint density at radius 2 is 2.14 bits per heavy atom. The summed E-state index contributed by atoms with van der Waals surface area (Å²) in [4.78, 5) is 14.0. The van der Waals surface area contributed by atoms with E-state index in [0.29, 0.717) is 24.3 Å². The molecule has 5 nitrogen and oxygen atoms in total. The number of nitrogens with zero attached hydrogens (tertiary/aromatic N) is 3. The van der Waals surface area contributed by atoms with Gasteiger partial charge in [0.2, 0.25) is 0 Å². The smallest absolute Gasteiger partial charge is 0.254 e. The average Bonchev–Trinajstić information content (AvgIpc) is 3.04. The Labute approximate surface area is 128 Å². The van der Waals surface area contributed by atoms with Gasteiger partial charge in [0.1, 0.15) is 11.5 Å². The predicted octanol–water partition coefficient (Wildman–Crippen LogP) is 1.80. The van der Waals surface area contributed by atoms with Crippen LogP contribution in [0.4, 0.5) is 4.39 Å². The SMILES string of the molecule is Cc1cc(C)n(-c2ccc(C(=O)N3CC[C@H](N)C3)cc2F)n1. The first-order chi connectivity index (χ1) is 10.5. The first kappa shape index (κ1) is 14.7. The van der Waals surface area contributed by atoms with Gasteiger partial charge in [0.05, 0.1) is 5.69 Å². The average molecular weight is 302 g/mol. The molecule has 1 saturated heterocycles. The van der Waals surface area contributed by atoms with Gasteiger partial charge in [-0.15, -0.1) is 0 Å². The number of hydrogen-bond donors (Lipinski definition) is 1. The molecule has 1 aliphatic heterocycles. The van der Waals surface area contributed by atoms with Crippen LogP contribution in [-0.2, 0) is 0 Å². The molecule has 1 aromatic heterocycles. The van der Waals surface area contributed by atoms with Gasteiger partial charge in [-0.3, -0.25) is 4.79 Å². The zero-order chi connectivity index (χ0) is 15.9. The Bertz CT molecular complexity index is 725. The van der Waals surface area contributed by atoms with Crippen LogP contribution in [0.5, 0.6) is 0 Å². The molecule has 6 heteroatoms. The molecule has 1 atom stereocenters. The fourth-order valence-corrected chi connectivity index (χ4v) is 2.84. The summed E-state index contributed by atoms with van der Waals surface area (Å²) in [6.45, 7) is 4.88. The lowest BCUT2D eigenvalue weighted by Gasteiger charge is -2.16. The highest BCUT2D eigenvalue weighted by Crippen LogP contribution is 2.19. The van der Waals surface area contributed by atoms with Crippen molar-refractivity contribution < 1.29 is 9.18 Å². The van der Waals surface area contributed by atoms with Crippen molar-refractivity contribution in [3.05, 3.63) is 47.0 Å². The highest BCUT2D eigenvalue weighted by molar-refractivity contribution is 5.94. The van der Waals surface area contributed by atoms with Crippen molar-refractivity contribution in [3.63, 3.8) is 0 Å². The fourth-order valence-electron chi connectivity index (χ4n) is 2.84. The van der Waals surface area contributed by atoms with Crippen molar-refractivity contribution in [2.75, 3.05) is 13.1 Å². The standard InChI is InChI=1S/C16H19FN4O/c1-10-7-11(2)21(19-10)15-4-3-12(8-14(15)17)16(22)20-6-5-13(18)9-20/h3-4,7-8,13H,5-6,9,18H2,1-2H3/t13-/m0/s1. The zero-order valence-corrected chi connectivity index (χ0v) is 12.7. The number of aryl methyl sites for hydroxylation is 2. The largest absolute Gasteiger partial charge is 0.337 e. The first-order valence-electron chi connectivity index (χ1n) is 7.34. The Kier molecular flexibility index (Phi) is 3.70. The molecule has 2 aromatic rings. The van der Waals surface area contributed by atoms with Gasteiger partial charge in [0.25, 0.3) is 5.91 Å². The Morgan fingerprint density at radius 1 is 1.36 bits per heavy atom. The summed E-state index contributed by atoms with van der Waals surface area (Å²) in [5, 5.41) is 4.27. The van der Waals surface area contributed by atoms with Gasteiger partial charge in [-0.1, -0.05) is 0 Å². The molecule has 1 amide bonds. The number of benzene rings is 1. The molecular weight excluding hydrogens is 283 g/mol. The molecule has 1 fully saturated rings. The van der Waals surface area contributed by atoms with E-state index in [2.05, 4.69) is 5.10 Å². The minimum atomic E-state index is -0.458. The molecule has 2 heterocycles. The van der Waals surface area contributed by atoms with Crippen LogP contribution in [0.15, 0.2) is 24.3 Å². The molecule has 0 aliphatic carbocycles. The van der Waals surface area contributed by atoms with Gasteiger partial charge in [0, 0.05) is 30.4 Å². The van der Waals surface area contributed by atoms with E-state index in [1.807, 2.05) is 19.9 Å². The van der Waals surface area contributed by atoms with Crippen molar-refractivity contribution in [2.45, 2.75) is 26.3 Å². The monoisotopic (exact) mass is 302 g/mol. The van der Waals surface area contributed by atoms with Gasteiger partial charge in [0.15, 0.2) is 0 Å². The topological polar surface area (TPSA) is 64.2 Å². The van der Waals surface area contributed by atoms with E-state index in [9.17, 15) is 9.18 Å². The zero-order valence-electron chi connectivity index (χ0n) is 12.7. The van der Waals surface area contributed by atoms with E-state index < -0.39 is 5.82 Å². The van der Waals surface area contributed by atoms with Crippen molar-refractivity contribution in [2.24, 2.45) is 5.73 Å². The maximum absolute atomic E-state index is 14.4. The number of nitrogens with two attached hydrogens (primary N) is 1. The lowest BCUT2D eigenvalue weighted by molar-refractivity contribution is 0.0790. The van der Waals surface area contributed by atoms with Gasteiger partial charge >= 0.3 is 0 Å². The second-order valence-electron chi connectivity index (χ2n) is 5.81. The quantitative estimate of drug-likeness (QED) is 0.920. The summed E-state index contributed by atoms with van der Waals surface area (Å²) in [6.07, 6.45) is 0.790. The highest BCUT2D eigenvalue weighted by Gasteiger charge is 2.25. The minimum absolute atomic E-state index is 0.0165. The summed E-state index contributed by atoms with van der Waals surface area (Å²) in [7, 11) is 0. The van der Waals surface area contributed by atoms with E-state index in [0.717, 1.165) is 17.8 Å². The Morgan fingerprint density at radius 3 is 2.68 bits per heavy atom. The van der Waals surface area contributed by atoms with Crippen LogP contribution in [0.1, 0.15) is 28.2 Å². The number of amides is 1. The maximum Gasteiger partial charge on any atom is 0.254 e. The molecule has 3 rings (SSSR count). The molecule has 116 valence electrons. The normalized spacial score (nSPS) is 18.0. The number of carbonyl (C=O) groups is 1. The third-order valence-corrected chi connectivity index (χ3v) is 3.94. The molecule has 0 saturated carbocycles. The van der Waals surface area contributed by atoms with Crippen LogP contribution in [0.2, 0.25) is 0 Å². The number of likely N-dealkylation sites (tertiary alicyclic amines) is 1. The summed E-state index contributed by atoms with van der Waals surface area (Å²) < 4.78 is 15.9. The van der Waals surface area contributed by atoms with Crippen LogP contribution in [0, 0.1) is 19.7 Å². The van der Waals surface area contributed by atoms with E-state index in [-0.39, 0.29) is 11.9 Å². The third kappa shape index (κ3) is 2.62. The van der Waals surface area contributed by atoms with E-state index >= 15 is 0 Å². The van der Waals surface area contributed by atoms with Crippen molar-refractivity contribution in [3.8, 4) is 5.69 Å². The van der Waals surface area contributed by atoms with Gasteiger partial charge < -0.3 is 10.6 Å². The number of hydrogen-bond acceptors (Lipinski definition) is 3. The number of rotatable bonds is 2. The van der Waals surface area contributed by atoms with Gasteiger partial charge in [-0.05, 0) is 44.5 Å². The molecule has 0 unspecified atom stereocenters. The van der Waals surface area contributed by atoms with Gasteiger partial charge in [-0.25, -0.2) is 9.07 Å². The Balaban J connectivity index is 1.89. The first-order valence-corrected chi connectivity index (χ1v) is 7.34.